The van der Waals surface area contributed by atoms with E-state index in [0.717, 1.165) is 0 Å². The molecule has 1 heterocycles. The lowest BCUT2D eigenvalue weighted by atomic mass is 10.2. The molecule has 0 atom stereocenters. The molecule has 0 unspecified atom stereocenters. The van der Waals surface area contributed by atoms with E-state index in [9.17, 15) is 13.7 Å². The van der Waals surface area contributed by atoms with Crippen LogP contribution >= 0.6 is 22.8 Å². The van der Waals surface area contributed by atoms with Crippen LogP contribution in [0.5, 0.6) is 0 Å². The molecule has 6 nitrogen and oxygen atoms in total. The van der Waals surface area contributed by atoms with Crippen LogP contribution in [-0.2, 0) is 26.6 Å². The molecule has 0 saturated carbocycles. The molecule has 0 spiro atoms. The summed E-state index contributed by atoms with van der Waals surface area (Å²) in [6.07, 6.45) is 2.12. The molecule has 0 aromatic carbocycles. The fraction of sp³-hybridized carbons (Fsp3) is 1.00. The summed E-state index contributed by atoms with van der Waals surface area (Å²) in [4.78, 5) is 0. The van der Waals surface area contributed by atoms with Crippen molar-refractivity contribution in [3.8, 4) is 0 Å². The highest BCUT2D eigenvalue weighted by Crippen LogP contribution is 2.82. The Hall–Kier alpha value is 0.570. The van der Waals surface area contributed by atoms with Gasteiger partial charge in [-0.05, 0) is 37.0 Å². The molecule has 0 bridgehead atoms. The molecule has 1 fully saturated rings. The molecule has 1 aliphatic rings. The van der Waals surface area contributed by atoms with Crippen molar-refractivity contribution in [3.05, 3.63) is 0 Å². The van der Waals surface area contributed by atoms with E-state index in [1.807, 2.05) is 41.5 Å². The van der Waals surface area contributed by atoms with E-state index in [4.69, 9.17) is 12.9 Å². The van der Waals surface area contributed by atoms with Crippen molar-refractivity contribution in [2.24, 2.45) is 17.8 Å². The van der Waals surface area contributed by atoms with Crippen molar-refractivity contribution in [2.75, 3.05) is 18.5 Å². The fourth-order valence-corrected chi connectivity index (χ4v) is 12.3. The fourth-order valence-electron chi connectivity index (χ4n) is 2.11. The van der Waals surface area contributed by atoms with E-state index in [1.54, 1.807) is 0 Å². The first-order valence-electron chi connectivity index (χ1n) is 8.78. The Morgan fingerprint density at radius 3 is 0.917 bits per heavy atom. The lowest BCUT2D eigenvalue weighted by Crippen LogP contribution is -2.13. The normalized spacial score (nSPS) is 34.4. The van der Waals surface area contributed by atoms with Crippen LogP contribution in [0.2, 0.25) is 0 Å². The zero-order chi connectivity index (χ0) is 18.6. The molecular formula is C15H33O6P3. The summed E-state index contributed by atoms with van der Waals surface area (Å²) < 4.78 is 55.0. The molecule has 1 saturated heterocycles. The zero-order valence-corrected chi connectivity index (χ0v) is 18.4. The largest absolute Gasteiger partial charge is 0.345 e. The third-order valence-corrected chi connectivity index (χ3v) is 12.1. The van der Waals surface area contributed by atoms with Gasteiger partial charge < -0.3 is 0 Å². The van der Waals surface area contributed by atoms with E-state index in [-0.39, 0.29) is 36.2 Å². The molecule has 0 N–H and O–H groups in total. The van der Waals surface area contributed by atoms with Gasteiger partial charge >= 0.3 is 22.8 Å². The van der Waals surface area contributed by atoms with Gasteiger partial charge in [-0.3, -0.25) is 13.7 Å². The molecule has 0 amide bonds. The predicted molar refractivity (Wildman–Crippen MR) is 99.0 cm³/mol. The van der Waals surface area contributed by atoms with Crippen molar-refractivity contribution in [3.63, 3.8) is 0 Å². The van der Waals surface area contributed by atoms with Crippen LogP contribution in [-0.4, -0.2) is 18.5 Å². The van der Waals surface area contributed by atoms with Crippen LogP contribution < -0.4 is 0 Å². The van der Waals surface area contributed by atoms with E-state index in [1.165, 1.54) is 0 Å². The summed E-state index contributed by atoms with van der Waals surface area (Å²) in [6, 6.07) is 0. The van der Waals surface area contributed by atoms with Crippen LogP contribution in [0.15, 0.2) is 0 Å². The minimum Gasteiger partial charge on any atom is -0.259 e. The Kier molecular flexibility index (Phi) is 8.46. The second-order valence-electron chi connectivity index (χ2n) is 7.80. The average molecular weight is 402 g/mol. The van der Waals surface area contributed by atoms with Crippen LogP contribution in [0.4, 0.5) is 0 Å². The van der Waals surface area contributed by atoms with E-state index in [0.29, 0.717) is 19.3 Å². The first-order valence-corrected chi connectivity index (χ1v) is 14.0. The maximum atomic E-state index is 13.0. The number of hydrogen-bond donors (Lipinski definition) is 0. The lowest BCUT2D eigenvalue weighted by molar-refractivity contribution is 0.272. The molecule has 0 aromatic rings. The van der Waals surface area contributed by atoms with Crippen molar-refractivity contribution < 1.29 is 26.6 Å². The summed E-state index contributed by atoms with van der Waals surface area (Å²) in [5.41, 5.74) is 0. The van der Waals surface area contributed by atoms with Crippen molar-refractivity contribution >= 4 is 22.8 Å². The van der Waals surface area contributed by atoms with Gasteiger partial charge in [-0.15, -0.1) is 0 Å². The van der Waals surface area contributed by atoms with Crippen LogP contribution in [0.3, 0.4) is 0 Å². The smallest absolute Gasteiger partial charge is 0.259 e. The summed E-state index contributed by atoms with van der Waals surface area (Å²) >= 11 is 0. The SMILES string of the molecule is CC(C)CCP1(=O)OP(=O)(CCC(C)C)OP(=O)(CCC(C)C)O1. The molecule has 1 rings (SSSR count). The van der Waals surface area contributed by atoms with Crippen molar-refractivity contribution in [1.29, 1.82) is 0 Å². The third kappa shape index (κ3) is 7.85. The van der Waals surface area contributed by atoms with Crippen LogP contribution in [0, 0.1) is 17.8 Å². The summed E-state index contributed by atoms with van der Waals surface area (Å²) in [7, 11) is -11.0. The lowest BCUT2D eigenvalue weighted by Gasteiger charge is -2.35. The molecule has 0 radical (unpaired) electrons. The minimum atomic E-state index is -3.68. The standard InChI is InChI=1S/C15H33O6P3/c1-13(2)7-10-22(16)19-23(17,11-8-14(3)4)21-24(18,20-22)12-9-15(5)6/h13-15H,7-12H2,1-6H3. The monoisotopic (exact) mass is 402 g/mol. The minimum absolute atomic E-state index is 0.116. The predicted octanol–water partition coefficient (Wildman–Crippen LogP) is 6.77. The number of rotatable bonds is 9. The molecule has 0 aromatic heterocycles. The van der Waals surface area contributed by atoms with Gasteiger partial charge in [0.05, 0.1) is 18.5 Å². The van der Waals surface area contributed by atoms with Crippen molar-refractivity contribution in [2.45, 2.75) is 60.8 Å². The average Bonchev–Trinajstić information content (AvgIpc) is 2.40. The maximum Gasteiger partial charge on any atom is 0.345 e. The summed E-state index contributed by atoms with van der Waals surface area (Å²) in [6.45, 7) is 11.9. The quantitative estimate of drug-likeness (QED) is 0.396. The second kappa shape index (κ2) is 8.98. The summed E-state index contributed by atoms with van der Waals surface area (Å²) in [5.74, 6) is 0.864. The topological polar surface area (TPSA) is 78.9 Å². The van der Waals surface area contributed by atoms with Gasteiger partial charge in [0.1, 0.15) is 0 Å². The maximum absolute atomic E-state index is 13.0. The highest BCUT2D eigenvalue weighted by atomic mass is 31.3. The summed E-state index contributed by atoms with van der Waals surface area (Å²) in [5, 5.41) is 0. The van der Waals surface area contributed by atoms with E-state index >= 15 is 0 Å². The Balaban J connectivity index is 2.99. The van der Waals surface area contributed by atoms with Gasteiger partial charge in [0.25, 0.3) is 0 Å². The first-order chi connectivity index (χ1) is 10.9. The van der Waals surface area contributed by atoms with E-state index in [2.05, 4.69) is 0 Å². The second-order valence-corrected chi connectivity index (χ2v) is 14.8. The van der Waals surface area contributed by atoms with Crippen molar-refractivity contribution in [1.82, 2.24) is 0 Å². The number of hydrogen-bond acceptors (Lipinski definition) is 6. The van der Waals surface area contributed by atoms with Gasteiger partial charge in [0.15, 0.2) is 0 Å². The van der Waals surface area contributed by atoms with Gasteiger partial charge in [-0.1, -0.05) is 41.5 Å². The highest BCUT2D eigenvalue weighted by molar-refractivity contribution is 7.80. The highest BCUT2D eigenvalue weighted by Gasteiger charge is 2.51. The van der Waals surface area contributed by atoms with Gasteiger partial charge in [0, 0.05) is 0 Å². The van der Waals surface area contributed by atoms with Crippen LogP contribution in [0.1, 0.15) is 60.8 Å². The Labute approximate surface area is 147 Å². The molecule has 0 aliphatic carbocycles. The van der Waals surface area contributed by atoms with E-state index < -0.39 is 22.8 Å². The van der Waals surface area contributed by atoms with Gasteiger partial charge in [-0.2, -0.15) is 0 Å². The first kappa shape index (κ1) is 22.6. The molecular weight excluding hydrogens is 369 g/mol. The molecule has 24 heavy (non-hydrogen) atoms. The van der Waals surface area contributed by atoms with Crippen LogP contribution in [0.25, 0.3) is 0 Å². The zero-order valence-electron chi connectivity index (χ0n) is 15.8. The Bertz CT molecular complexity index is 449. The third-order valence-electron chi connectivity index (χ3n) is 3.69. The molecule has 1 aliphatic heterocycles. The van der Waals surface area contributed by atoms with Gasteiger partial charge in [-0.25, -0.2) is 12.9 Å². The Morgan fingerprint density at radius 1 is 0.542 bits per heavy atom. The molecule has 144 valence electrons. The van der Waals surface area contributed by atoms with Gasteiger partial charge in [0.2, 0.25) is 0 Å². The molecule has 9 heteroatoms. The Morgan fingerprint density at radius 2 is 0.750 bits per heavy atom.